The minimum Gasteiger partial charge on any atom is -0.259 e. The van der Waals surface area contributed by atoms with Gasteiger partial charge in [0.2, 0.25) is 10.0 Å². The summed E-state index contributed by atoms with van der Waals surface area (Å²) in [6.07, 6.45) is 1.46. The number of hydrogen-bond donors (Lipinski definition) is 1. The average molecular weight is 207 g/mol. The van der Waals surface area contributed by atoms with Crippen molar-refractivity contribution in [1.82, 2.24) is 4.98 Å². The van der Waals surface area contributed by atoms with Gasteiger partial charge in [-0.1, -0.05) is 0 Å². The minimum atomic E-state index is -3.69. The number of nitrogens with zero attached hydrogens (tertiary/aromatic N) is 1. The molecular formula is C6H7ClN2O2S. The molecule has 0 bridgehead atoms. The van der Waals surface area contributed by atoms with Crippen molar-refractivity contribution in [2.75, 3.05) is 0 Å². The molecule has 66 valence electrons. The van der Waals surface area contributed by atoms with Crippen LogP contribution in [0.15, 0.2) is 23.2 Å². The fraction of sp³-hybridized carbons (Fsp3) is 0.167. The molecule has 0 fully saturated rings. The van der Waals surface area contributed by atoms with E-state index in [9.17, 15) is 8.42 Å². The smallest absolute Gasteiger partial charge is 0.239 e. The summed E-state index contributed by atoms with van der Waals surface area (Å²) < 4.78 is 21.8. The molecule has 0 unspecified atom stereocenters. The second-order valence-electron chi connectivity index (χ2n) is 2.13. The van der Waals surface area contributed by atoms with E-state index in [2.05, 4.69) is 4.98 Å². The van der Waals surface area contributed by atoms with Crippen molar-refractivity contribution >= 4 is 21.6 Å². The Kier molecular flexibility index (Phi) is 2.66. The molecule has 0 amide bonds. The second kappa shape index (κ2) is 3.38. The number of rotatable bonds is 2. The standard InChI is InChI=1S/C6H7ClN2O2S/c7-4-5-6(12(8,10)11)2-1-3-9-5/h1-3H,4H2,(H2,8,10,11). The highest BCUT2D eigenvalue weighted by Gasteiger charge is 2.12. The van der Waals surface area contributed by atoms with Crippen LogP contribution in [0.1, 0.15) is 5.69 Å². The van der Waals surface area contributed by atoms with Gasteiger partial charge in [0, 0.05) is 6.20 Å². The van der Waals surface area contributed by atoms with Gasteiger partial charge in [-0.05, 0) is 12.1 Å². The first-order valence-corrected chi connectivity index (χ1v) is 5.16. The molecule has 1 aromatic rings. The molecule has 0 radical (unpaired) electrons. The molecule has 1 rings (SSSR count). The first kappa shape index (κ1) is 9.44. The largest absolute Gasteiger partial charge is 0.259 e. The van der Waals surface area contributed by atoms with Crippen molar-refractivity contribution in [3.63, 3.8) is 0 Å². The molecule has 0 aliphatic carbocycles. The maximum absolute atomic E-state index is 10.9. The number of pyridine rings is 1. The topological polar surface area (TPSA) is 73.1 Å². The van der Waals surface area contributed by atoms with E-state index < -0.39 is 10.0 Å². The molecule has 0 saturated heterocycles. The molecule has 12 heavy (non-hydrogen) atoms. The number of aromatic nitrogens is 1. The summed E-state index contributed by atoms with van der Waals surface area (Å²) in [4.78, 5) is 3.76. The highest BCUT2D eigenvalue weighted by atomic mass is 35.5. The van der Waals surface area contributed by atoms with Crippen LogP contribution in [0.5, 0.6) is 0 Å². The van der Waals surface area contributed by atoms with Gasteiger partial charge in [-0.2, -0.15) is 0 Å². The third kappa shape index (κ3) is 1.94. The van der Waals surface area contributed by atoms with Crippen LogP contribution < -0.4 is 5.14 Å². The van der Waals surface area contributed by atoms with E-state index in [0.29, 0.717) is 0 Å². The molecule has 0 aromatic carbocycles. The lowest BCUT2D eigenvalue weighted by molar-refractivity contribution is 0.596. The number of sulfonamides is 1. The molecule has 0 atom stereocenters. The van der Waals surface area contributed by atoms with Crippen molar-refractivity contribution in [2.24, 2.45) is 5.14 Å². The van der Waals surface area contributed by atoms with E-state index in [1.54, 1.807) is 0 Å². The summed E-state index contributed by atoms with van der Waals surface area (Å²) in [5.74, 6) is 0.0343. The number of halogens is 1. The Balaban J connectivity index is 3.33. The summed E-state index contributed by atoms with van der Waals surface area (Å²) >= 11 is 5.46. The minimum absolute atomic E-state index is 0.0139. The SMILES string of the molecule is NS(=O)(=O)c1cccnc1CCl. The van der Waals surface area contributed by atoms with Gasteiger partial charge in [-0.25, -0.2) is 13.6 Å². The van der Waals surface area contributed by atoms with Crippen molar-refractivity contribution in [3.8, 4) is 0 Å². The van der Waals surface area contributed by atoms with Crippen LogP contribution in [0.3, 0.4) is 0 Å². The Morgan fingerprint density at radius 3 is 2.67 bits per heavy atom. The zero-order valence-electron chi connectivity index (χ0n) is 6.07. The van der Waals surface area contributed by atoms with E-state index in [1.165, 1.54) is 18.3 Å². The van der Waals surface area contributed by atoms with Crippen LogP contribution in [-0.2, 0) is 15.9 Å². The molecule has 0 saturated carbocycles. The maximum Gasteiger partial charge on any atom is 0.239 e. The molecule has 1 aromatic heterocycles. The van der Waals surface area contributed by atoms with Crippen molar-refractivity contribution in [1.29, 1.82) is 0 Å². The monoisotopic (exact) mass is 206 g/mol. The Hall–Kier alpha value is -0.650. The fourth-order valence-corrected chi connectivity index (χ4v) is 1.80. The summed E-state index contributed by atoms with van der Waals surface area (Å²) in [7, 11) is -3.69. The number of primary sulfonamides is 1. The van der Waals surface area contributed by atoms with Crippen molar-refractivity contribution < 1.29 is 8.42 Å². The van der Waals surface area contributed by atoms with E-state index in [-0.39, 0.29) is 16.5 Å². The zero-order chi connectivity index (χ0) is 9.19. The molecule has 0 aliphatic heterocycles. The third-order valence-corrected chi connectivity index (χ3v) is 2.52. The van der Waals surface area contributed by atoms with Gasteiger partial charge in [0.25, 0.3) is 0 Å². The normalized spacial score (nSPS) is 11.5. The van der Waals surface area contributed by atoms with Crippen molar-refractivity contribution in [3.05, 3.63) is 24.0 Å². The number of nitrogens with two attached hydrogens (primary N) is 1. The Labute approximate surface area is 75.4 Å². The molecule has 2 N–H and O–H groups in total. The molecule has 4 nitrogen and oxygen atoms in total. The van der Waals surface area contributed by atoms with Crippen molar-refractivity contribution in [2.45, 2.75) is 10.8 Å². The predicted molar refractivity (Wildman–Crippen MR) is 45.2 cm³/mol. The summed E-state index contributed by atoms with van der Waals surface area (Å²) in [6.45, 7) is 0. The molecule has 0 aliphatic rings. The van der Waals surface area contributed by atoms with Gasteiger partial charge < -0.3 is 0 Å². The molecular weight excluding hydrogens is 200 g/mol. The van der Waals surface area contributed by atoms with E-state index in [0.717, 1.165) is 0 Å². The van der Waals surface area contributed by atoms with Gasteiger partial charge >= 0.3 is 0 Å². The molecule has 1 heterocycles. The zero-order valence-corrected chi connectivity index (χ0v) is 7.64. The average Bonchev–Trinajstić information content (AvgIpc) is 2.03. The van der Waals surface area contributed by atoms with Crippen LogP contribution in [0.4, 0.5) is 0 Å². The lowest BCUT2D eigenvalue weighted by atomic mass is 10.4. The van der Waals surface area contributed by atoms with Crippen LogP contribution >= 0.6 is 11.6 Å². The maximum atomic E-state index is 10.9. The first-order valence-electron chi connectivity index (χ1n) is 3.08. The summed E-state index contributed by atoms with van der Waals surface area (Å²) in [5, 5.41) is 4.91. The van der Waals surface area contributed by atoms with Gasteiger partial charge in [0.1, 0.15) is 4.90 Å². The van der Waals surface area contributed by atoms with Gasteiger partial charge in [0.15, 0.2) is 0 Å². The highest BCUT2D eigenvalue weighted by Crippen LogP contribution is 2.12. The van der Waals surface area contributed by atoms with Gasteiger partial charge in [0.05, 0.1) is 11.6 Å². The lowest BCUT2D eigenvalue weighted by Gasteiger charge is -2.01. The van der Waals surface area contributed by atoms with Crippen LogP contribution in [0.2, 0.25) is 0 Å². The Morgan fingerprint density at radius 1 is 1.58 bits per heavy atom. The number of hydrogen-bond acceptors (Lipinski definition) is 3. The second-order valence-corrected chi connectivity index (χ2v) is 3.92. The highest BCUT2D eigenvalue weighted by molar-refractivity contribution is 7.89. The summed E-state index contributed by atoms with van der Waals surface area (Å²) in [5.41, 5.74) is 0.279. The lowest BCUT2D eigenvalue weighted by Crippen LogP contribution is -2.14. The van der Waals surface area contributed by atoms with E-state index in [1.807, 2.05) is 0 Å². The van der Waals surface area contributed by atoms with E-state index in [4.69, 9.17) is 16.7 Å². The first-order chi connectivity index (χ1) is 5.55. The predicted octanol–water partition coefficient (Wildman–Crippen LogP) is 0.468. The Morgan fingerprint density at radius 2 is 2.25 bits per heavy atom. The van der Waals surface area contributed by atoms with Crippen LogP contribution in [0, 0.1) is 0 Å². The van der Waals surface area contributed by atoms with Crippen LogP contribution in [-0.4, -0.2) is 13.4 Å². The Bertz CT molecular complexity index is 377. The van der Waals surface area contributed by atoms with Crippen LogP contribution in [0.25, 0.3) is 0 Å². The molecule has 0 spiro atoms. The summed E-state index contributed by atoms with van der Waals surface area (Å²) in [6, 6.07) is 2.87. The van der Waals surface area contributed by atoms with Gasteiger partial charge in [-0.15, -0.1) is 11.6 Å². The van der Waals surface area contributed by atoms with E-state index >= 15 is 0 Å². The fourth-order valence-electron chi connectivity index (χ4n) is 0.783. The van der Waals surface area contributed by atoms with Gasteiger partial charge in [-0.3, -0.25) is 4.98 Å². The molecule has 6 heteroatoms. The third-order valence-electron chi connectivity index (χ3n) is 1.28. The number of alkyl halides is 1. The quantitative estimate of drug-likeness (QED) is 0.715.